The zero-order valence-electron chi connectivity index (χ0n) is 17.5. The molecule has 0 atom stereocenters. The predicted molar refractivity (Wildman–Crippen MR) is 123 cm³/mol. The molecule has 0 unspecified atom stereocenters. The Morgan fingerprint density at radius 2 is 1.94 bits per heavy atom. The molecule has 31 heavy (non-hydrogen) atoms. The number of unbranched alkanes of at least 4 members (excludes halogenated alkanes) is 2. The quantitative estimate of drug-likeness (QED) is 0.378. The monoisotopic (exact) mass is 456 g/mol. The van der Waals surface area contributed by atoms with E-state index in [0.29, 0.717) is 27.4 Å². The maximum atomic E-state index is 12.7. The first kappa shape index (κ1) is 22.8. The SMILES string of the molecule is C#CCn1c(=NC(=O)c2ccc(OCCCCC)cc2)sc2cc(S(C)(=O)=O)ccc21. The van der Waals surface area contributed by atoms with Gasteiger partial charge in [0.25, 0.3) is 5.91 Å². The predicted octanol–water partition coefficient (Wildman–Crippen LogP) is 4.05. The maximum absolute atomic E-state index is 12.7. The van der Waals surface area contributed by atoms with Crippen molar-refractivity contribution in [3.63, 3.8) is 0 Å². The Kier molecular flexibility index (Phi) is 7.31. The Bertz CT molecular complexity index is 1290. The van der Waals surface area contributed by atoms with Crippen LogP contribution in [0.4, 0.5) is 0 Å². The summed E-state index contributed by atoms with van der Waals surface area (Å²) in [5, 5.41) is 0. The molecule has 0 N–H and O–H groups in total. The topological polar surface area (TPSA) is 77.7 Å². The van der Waals surface area contributed by atoms with Gasteiger partial charge in [-0.25, -0.2) is 8.42 Å². The highest BCUT2D eigenvalue weighted by Gasteiger charge is 2.13. The number of hydrogen-bond donors (Lipinski definition) is 0. The fraction of sp³-hybridized carbons (Fsp3) is 0.304. The van der Waals surface area contributed by atoms with Gasteiger partial charge in [-0.15, -0.1) is 6.42 Å². The molecule has 0 saturated carbocycles. The van der Waals surface area contributed by atoms with Crippen LogP contribution in [-0.4, -0.2) is 31.8 Å². The summed E-state index contributed by atoms with van der Waals surface area (Å²) in [6, 6.07) is 11.7. The molecule has 1 aromatic heterocycles. The zero-order valence-corrected chi connectivity index (χ0v) is 19.1. The lowest BCUT2D eigenvalue weighted by molar-refractivity contribution is 0.0998. The molecule has 0 fully saturated rings. The molecule has 0 aliphatic heterocycles. The van der Waals surface area contributed by atoms with Gasteiger partial charge in [0, 0.05) is 11.8 Å². The third-order valence-corrected chi connectivity index (χ3v) is 6.80. The van der Waals surface area contributed by atoms with Gasteiger partial charge in [-0.1, -0.05) is 37.0 Å². The fourth-order valence-electron chi connectivity index (χ4n) is 3.00. The number of benzene rings is 2. The molecule has 0 radical (unpaired) electrons. The number of carbonyl (C=O) groups is 1. The first-order valence-corrected chi connectivity index (χ1v) is 12.6. The lowest BCUT2D eigenvalue weighted by atomic mass is 10.2. The fourth-order valence-corrected chi connectivity index (χ4v) is 4.79. The summed E-state index contributed by atoms with van der Waals surface area (Å²) in [7, 11) is -3.34. The third kappa shape index (κ3) is 5.63. The average molecular weight is 457 g/mol. The van der Waals surface area contributed by atoms with Crippen LogP contribution in [0.1, 0.15) is 36.5 Å². The minimum absolute atomic E-state index is 0.210. The summed E-state index contributed by atoms with van der Waals surface area (Å²) in [5.74, 6) is 2.87. The van der Waals surface area contributed by atoms with Crippen molar-refractivity contribution < 1.29 is 17.9 Å². The van der Waals surface area contributed by atoms with Gasteiger partial charge in [-0.2, -0.15) is 4.99 Å². The number of rotatable bonds is 8. The summed E-state index contributed by atoms with van der Waals surface area (Å²) in [6.45, 7) is 3.00. The number of ether oxygens (including phenoxy) is 1. The van der Waals surface area contributed by atoms with Crippen molar-refractivity contribution in [3.8, 4) is 18.1 Å². The molecule has 0 spiro atoms. The number of sulfone groups is 1. The molecule has 162 valence electrons. The van der Waals surface area contributed by atoms with Crippen molar-refractivity contribution in [2.45, 2.75) is 37.6 Å². The minimum Gasteiger partial charge on any atom is -0.494 e. The number of terminal acetylenes is 1. The molecule has 8 heteroatoms. The van der Waals surface area contributed by atoms with Crippen molar-refractivity contribution in [1.82, 2.24) is 4.57 Å². The van der Waals surface area contributed by atoms with Crippen LogP contribution in [-0.2, 0) is 16.4 Å². The molecule has 0 aliphatic rings. The lowest BCUT2D eigenvalue weighted by Crippen LogP contribution is -2.16. The van der Waals surface area contributed by atoms with Crippen molar-refractivity contribution in [3.05, 3.63) is 52.8 Å². The summed E-state index contributed by atoms with van der Waals surface area (Å²) < 4.78 is 31.8. The summed E-state index contributed by atoms with van der Waals surface area (Å²) >= 11 is 1.23. The lowest BCUT2D eigenvalue weighted by Gasteiger charge is -2.05. The first-order chi connectivity index (χ1) is 14.8. The van der Waals surface area contributed by atoms with E-state index in [1.54, 1.807) is 41.0 Å². The van der Waals surface area contributed by atoms with Crippen LogP contribution in [0.25, 0.3) is 10.2 Å². The minimum atomic E-state index is -3.34. The highest BCUT2D eigenvalue weighted by atomic mass is 32.2. The molecule has 0 aliphatic carbocycles. The number of amides is 1. The Labute approximate surface area is 186 Å². The maximum Gasteiger partial charge on any atom is 0.279 e. The van der Waals surface area contributed by atoms with E-state index < -0.39 is 15.7 Å². The molecule has 0 bridgehead atoms. The van der Waals surface area contributed by atoms with Gasteiger partial charge in [0.2, 0.25) is 0 Å². The number of thiazole rings is 1. The molecule has 2 aromatic carbocycles. The highest BCUT2D eigenvalue weighted by molar-refractivity contribution is 7.90. The summed E-state index contributed by atoms with van der Waals surface area (Å²) in [6.07, 6.45) is 9.89. The van der Waals surface area contributed by atoms with Crippen LogP contribution < -0.4 is 9.54 Å². The number of carbonyl (C=O) groups excluding carboxylic acids is 1. The molecule has 1 heterocycles. The van der Waals surface area contributed by atoms with Gasteiger partial charge in [0.15, 0.2) is 14.6 Å². The smallest absolute Gasteiger partial charge is 0.279 e. The van der Waals surface area contributed by atoms with Crippen LogP contribution in [0.5, 0.6) is 5.75 Å². The molecule has 3 rings (SSSR count). The van der Waals surface area contributed by atoms with E-state index in [1.807, 2.05) is 0 Å². The van der Waals surface area contributed by atoms with Crippen LogP contribution in [0, 0.1) is 12.3 Å². The first-order valence-electron chi connectivity index (χ1n) is 9.92. The Morgan fingerprint density at radius 1 is 1.19 bits per heavy atom. The molecule has 3 aromatic rings. The van der Waals surface area contributed by atoms with Gasteiger partial charge < -0.3 is 9.30 Å². The number of fused-ring (bicyclic) bond motifs is 1. The van der Waals surface area contributed by atoms with Crippen molar-refractivity contribution in [1.29, 1.82) is 0 Å². The van der Waals surface area contributed by atoms with Gasteiger partial charge in [0.05, 0.1) is 28.3 Å². The van der Waals surface area contributed by atoms with E-state index in [0.717, 1.165) is 31.0 Å². The molecular weight excluding hydrogens is 432 g/mol. The van der Waals surface area contributed by atoms with Gasteiger partial charge in [-0.3, -0.25) is 4.79 Å². The molecule has 0 saturated heterocycles. The third-order valence-electron chi connectivity index (χ3n) is 4.65. The highest BCUT2D eigenvalue weighted by Crippen LogP contribution is 2.22. The van der Waals surface area contributed by atoms with Crippen LogP contribution in [0.3, 0.4) is 0 Å². The van der Waals surface area contributed by atoms with E-state index in [9.17, 15) is 13.2 Å². The van der Waals surface area contributed by atoms with Crippen molar-refractivity contribution >= 4 is 37.3 Å². The van der Waals surface area contributed by atoms with E-state index >= 15 is 0 Å². The number of hydrogen-bond acceptors (Lipinski definition) is 5. The van der Waals surface area contributed by atoms with E-state index in [4.69, 9.17) is 11.2 Å². The summed E-state index contributed by atoms with van der Waals surface area (Å²) in [5.41, 5.74) is 1.17. The second-order valence-electron chi connectivity index (χ2n) is 7.07. The van der Waals surface area contributed by atoms with Gasteiger partial charge >= 0.3 is 0 Å². The van der Waals surface area contributed by atoms with E-state index in [1.165, 1.54) is 17.4 Å². The number of nitrogens with zero attached hydrogens (tertiary/aromatic N) is 2. The number of aromatic nitrogens is 1. The van der Waals surface area contributed by atoms with Crippen LogP contribution in [0.15, 0.2) is 52.4 Å². The van der Waals surface area contributed by atoms with Crippen LogP contribution in [0.2, 0.25) is 0 Å². The zero-order chi connectivity index (χ0) is 22.4. The molecule has 1 amide bonds. The van der Waals surface area contributed by atoms with Crippen molar-refractivity contribution in [2.24, 2.45) is 4.99 Å². The largest absolute Gasteiger partial charge is 0.494 e. The van der Waals surface area contributed by atoms with Gasteiger partial charge in [-0.05, 0) is 48.9 Å². The van der Waals surface area contributed by atoms with Crippen LogP contribution >= 0.6 is 11.3 Å². The van der Waals surface area contributed by atoms with E-state index in [2.05, 4.69) is 17.8 Å². The second-order valence-corrected chi connectivity index (χ2v) is 10.1. The Balaban J connectivity index is 1.91. The standard InChI is InChI=1S/C23H24N2O4S2/c1-4-6-7-15-29-18-10-8-17(9-11-18)22(26)24-23-25(14-5-2)20-13-12-19(31(3,27)28)16-21(20)30-23/h2,8-13,16H,4,6-7,14-15H2,1,3H3. The van der Waals surface area contributed by atoms with Crippen molar-refractivity contribution in [2.75, 3.05) is 12.9 Å². The second kappa shape index (κ2) is 9.94. The average Bonchev–Trinajstić information content (AvgIpc) is 3.07. The normalized spacial score (nSPS) is 12.1. The molecule has 6 nitrogen and oxygen atoms in total. The summed E-state index contributed by atoms with van der Waals surface area (Å²) in [4.78, 5) is 17.6. The van der Waals surface area contributed by atoms with Gasteiger partial charge in [0.1, 0.15) is 5.75 Å². The molecular formula is C23H24N2O4S2. The Morgan fingerprint density at radius 3 is 2.58 bits per heavy atom. The Hall–Kier alpha value is -2.89. The van der Waals surface area contributed by atoms with E-state index in [-0.39, 0.29) is 11.4 Å².